The minimum Gasteiger partial charge on any atom is -0.480 e. The van der Waals surface area contributed by atoms with Gasteiger partial charge in [-0.25, -0.2) is 9.18 Å². The third-order valence-corrected chi connectivity index (χ3v) is 6.92. The fourth-order valence-corrected chi connectivity index (χ4v) is 5.03. The second-order valence-corrected chi connectivity index (χ2v) is 8.55. The summed E-state index contributed by atoms with van der Waals surface area (Å²) in [5.74, 6) is -2.08. The van der Waals surface area contributed by atoms with Crippen molar-refractivity contribution in [3.63, 3.8) is 0 Å². The van der Waals surface area contributed by atoms with Crippen molar-refractivity contribution in [3.8, 4) is 11.1 Å². The van der Waals surface area contributed by atoms with Gasteiger partial charge in [0.05, 0.1) is 10.6 Å². The van der Waals surface area contributed by atoms with E-state index < -0.39 is 23.4 Å². The number of aromatic nitrogens is 1. The van der Waals surface area contributed by atoms with Crippen LogP contribution >= 0.6 is 11.6 Å². The first-order valence-corrected chi connectivity index (χ1v) is 9.89. The lowest BCUT2D eigenvalue weighted by Crippen LogP contribution is -2.43. The van der Waals surface area contributed by atoms with Crippen LogP contribution in [-0.4, -0.2) is 39.0 Å². The van der Waals surface area contributed by atoms with Crippen molar-refractivity contribution in [1.82, 2.24) is 9.47 Å². The molecule has 1 amide bonds. The number of benzene rings is 1. The van der Waals surface area contributed by atoms with Crippen molar-refractivity contribution in [2.24, 2.45) is 0 Å². The van der Waals surface area contributed by atoms with Gasteiger partial charge in [0.2, 0.25) is 0 Å². The Bertz CT molecular complexity index is 1170. The summed E-state index contributed by atoms with van der Waals surface area (Å²) < 4.78 is 16.4. The number of carbonyl (C=O) groups excluding carboxylic acids is 1. The quantitative estimate of drug-likeness (QED) is 0.775. The van der Waals surface area contributed by atoms with Crippen LogP contribution in [0.3, 0.4) is 0 Å². The molecule has 5 rings (SSSR count). The molecule has 1 unspecified atom stereocenters. The van der Waals surface area contributed by atoms with Gasteiger partial charge in [0, 0.05) is 35.5 Å². The summed E-state index contributed by atoms with van der Waals surface area (Å²) in [4.78, 5) is 39.7. The van der Waals surface area contributed by atoms with Crippen LogP contribution in [0, 0.1) is 5.82 Å². The Labute approximate surface area is 170 Å². The molecule has 29 heavy (non-hydrogen) atoms. The highest BCUT2D eigenvalue weighted by atomic mass is 35.5. The Kier molecular flexibility index (Phi) is 3.75. The molecule has 1 aromatic heterocycles. The van der Waals surface area contributed by atoms with Crippen molar-refractivity contribution in [2.75, 3.05) is 7.05 Å². The molecule has 8 heteroatoms. The van der Waals surface area contributed by atoms with E-state index >= 15 is 4.39 Å². The van der Waals surface area contributed by atoms with Crippen molar-refractivity contribution >= 4 is 23.5 Å². The van der Waals surface area contributed by atoms with Crippen LogP contribution in [0.25, 0.3) is 11.1 Å². The van der Waals surface area contributed by atoms with Crippen LogP contribution < -0.4 is 5.56 Å². The zero-order valence-electron chi connectivity index (χ0n) is 15.7. The van der Waals surface area contributed by atoms with Gasteiger partial charge in [-0.1, -0.05) is 17.7 Å². The van der Waals surface area contributed by atoms with Gasteiger partial charge in [0.15, 0.2) is 0 Å². The molecule has 1 fully saturated rings. The summed E-state index contributed by atoms with van der Waals surface area (Å²) in [5, 5.41) is 9.43. The predicted octanol–water partition coefficient (Wildman–Crippen LogP) is 3.04. The fourth-order valence-electron chi connectivity index (χ4n) is 4.88. The number of amides is 1. The van der Waals surface area contributed by atoms with Gasteiger partial charge in [0.1, 0.15) is 11.9 Å². The highest BCUT2D eigenvalue weighted by Gasteiger charge is 2.51. The largest absolute Gasteiger partial charge is 0.480 e. The van der Waals surface area contributed by atoms with E-state index in [9.17, 15) is 19.5 Å². The Hall–Kier alpha value is -2.67. The molecule has 1 saturated carbocycles. The van der Waals surface area contributed by atoms with E-state index in [0.29, 0.717) is 17.7 Å². The second-order valence-electron chi connectivity index (χ2n) is 8.14. The Morgan fingerprint density at radius 2 is 2.00 bits per heavy atom. The van der Waals surface area contributed by atoms with E-state index in [1.807, 2.05) is 0 Å². The van der Waals surface area contributed by atoms with E-state index in [4.69, 9.17) is 11.6 Å². The van der Waals surface area contributed by atoms with Gasteiger partial charge in [-0.05, 0) is 43.7 Å². The first-order valence-electron chi connectivity index (χ1n) is 9.52. The molecule has 0 saturated heterocycles. The van der Waals surface area contributed by atoms with Crippen LogP contribution in [0.1, 0.15) is 46.9 Å². The van der Waals surface area contributed by atoms with E-state index in [-0.39, 0.29) is 46.0 Å². The average molecular weight is 417 g/mol. The monoisotopic (exact) mass is 416 g/mol. The molecule has 1 spiro atoms. The summed E-state index contributed by atoms with van der Waals surface area (Å²) in [7, 11) is 1.72. The molecule has 1 aliphatic carbocycles. The third kappa shape index (κ3) is 2.43. The highest BCUT2D eigenvalue weighted by molar-refractivity contribution is 6.31. The molecule has 0 radical (unpaired) electrons. The van der Waals surface area contributed by atoms with Gasteiger partial charge >= 0.3 is 5.97 Å². The smallest absolute Gasteiger partial charge is 0.326 e. The zero-order chi connectivity index (χ0) is 20.7. The standard InChI is InChI=1S/C21H18ClFN2O4/c1-24-19(27)17-11(8-15(26)25-13(17)4-5-14(25)20(28)29)16-10(9-21(24)6-7-21)2-3-12(22)18(16)23/h2-3,8,14H,4-7,9H2,1H3,(H,28,29). The average Bonchev–Trinajstić information content (AvgIpc) is 3.31. The second kappa shape index (κ2) is 5.92. The number of carbonyl (C=O) groups is 2. The van der Waals surface area contributed by atoms with Gasteiger partial charge < -0.3 is 10.0 Å². The topological polar surface area (TPSA) is 79.6 Å². The highest BCUT2D eigenvalue weighted by Crippen LogP contribution is 2.49. The van der Waals surface area contributed by atoms with E-state index in [2.05, 4.69) is 0 Å². The van der Waals surface area contributed by atoms with E-state index in [1.54, 1.807) is 18.0 Å². The van der Waals surface area contributed by atoms with Crippen LogP contribution in [0.5, 0.6) is 0 Å². The van der Waals surface area contributed by atoms with Gasteiger partial charge in [0.25, 0.3) is 11.5 Å². The van der Waals surface area contributed by atoms with Crippen LogP contribution in [0.15, 0.2) is 23.0 Å². The number of hydrogen-bond acceptors (Lipinski definition) is 3. The van der Waals surface area contributed by atoms with Crippen molar-refractivity contribution in [1.29, 1.82) is 0 Å². The molecule has 3 aliphatic rings. The summed E-state index contributed by atoms with van der Waals surface area (Å²) >= 11 is 6.05. The molecular weight excluding hydrogens is 399 g/mol. The lowest BCUT2D eigenvalue weighted by atomic mass is 9.87. The molecule has 1 atom stereocenters. The predicted molar refractivity (Wildman–Crippen MR) is 104 cm³/mol. The molecule has 6 nitrogen and oxygen atoms in total. The normalized spacial score (nSPS) is 21.3. The number of rotatable bonds is 1. The lowest BCUT2D eigenvalue weighted by molar-refractivity contribution is -0.140. The minimum atomic E-state index is -1.12. The van der Waals surface area contributed by atoms with Crippen molar-refractivity contribution in [3.05, 3.63) is 56.2 Å². The number of hydrogen-bond donors (Lipinski definition) is 1. The number of carboxylic acids is 1. The zero-order valence-corrected chi connectivity index (χ0v) is 16.4. The molecule has 0 bridgehead atoms. The van der Waals surface area contributed by atoms with Gasteiger partial charge in [-0.2, -0.15) is 0 Å². The SMILES string of the molecule is CN1C(=O)c2c(cc(=O)n3c2CCC3C(=O)O)-c2c(ccc(Cl)c2F)CC12CC2. The van der Waals surface area contributed by atoms with Gasteiger partial charge in [-0.15, -0.1) is 0 Å². The molecule has 2 aliphatic heterocycles. The Morgan fingerprint density at radius 3 is 2.66 bits per heavy atom. The van der Waals surface area contributed by atoms with E-state index in [1.165, 1.54) is 16.7 Å². The lowest BCUT2D eigenvalue weighted by Gasteiger charge is -2.33. The maximum Gasteiger partial charge on any atom is 0.326 e. The summed E-state index contributed by atoms with van der Waals surface area (Å²) in [6.45, 7) is 0. The molecule has 1 N–H and O–H groups in total. The minimum absolute atomic E-state index is 0.0788. The van der Waals surface area contributed by atoms with Crippen LogP contribution in [0.2, 0.25) is 5.02 Å². The molecular formula is C21H18ClFN2O4. The number of aliphatic carboxylic acids is 1. The van der Waals surface area contributed by atoms with Crippen molar-refractivity contribution < 1.29 is 19.1 Å². The summed E-state index contributed by atoms with van der Waals surface area (Å²) in [6.07, 6.45) is 2.57. The Morgan fingerprint density at radius 1 is 1.28 bits per heavy atom. The molecule has 3 heterocycles. The van der Waals surface area contributed by atoms with Crippen molar-refractivity contribution in [2.45, 2.75) is 43.7 Å². The van der Waals surface area contributed by atoms with Gasteiger partial charge in [-0.3, -0.25) is 14.2 Å². The number of fused-ring (bicyclic) bond motifs is 5. The fraction of sp³-hybridized carbons (Fsp3) is 0.381. The number of halogens is 2. The Balaban J connectivity index is 1.89. The first kappa shape index (κ1) is 18.4. The molecule has 1 aromatic carbocycles. The maximum atomic E-state index is 15.2. The maximum absolute atomic E-state index is 15.2. The van der Waals surface area contributed by atoms with Crippen LogP contribution in [-0.2, 0) is 17.6 Å². The number of pyridine rings is 1. The first-order chi connectivity index (χ1) is 13.7. The summed E-state index contributed by atoms with van der Waals surface area (Å²) in [6, 6.07) is 3.41. The van der Waals surface area contributed by atoms with Crippen LogP contribution in [0.4, 0.5) is 4.39 Å². The summed E-state index contributed by atoms with van der Waals surface area (Å²) in [5.41, 5.74) is 0.717. The molecule has 2 aromatic rings. The molecule has 150 valence electrons. The third-order valence-electron chi connectivity index (χ3n) is 6.63. The number of likely N-dealkylation sites (N-methyl/N-ethyl adjacent to an activating group) is 1. The number of carboxylic acid groups (broad SMARTS) is 1. The number of nitrogens with zero attached hydrogens (tertiary/aromatic N) is 2. The van der Waals surface area contributed by atoms with E-state index in [0.717, 1.165) is 12.8 Å².